The molecule has 2 aromatic rings. The Bertz CT molecular complexity index is 854. The van der Waals surface area contributed by atoms with Crippen LogP contribution in [0.3, 0.4) is 0 Å². The van der Waals surface area contributed by atoms with Crippen molar-refractivity contribution in [2.75, 3.05) is 13.7 Å². The largest absolute Gasteiger partial charge is 0.496 e. The molecule has 0 heterocycles. The lowest BCUT2D eigenvalue weighted by Gasteiger charge is -2.17. The predicted octanol–water partition coefficient (Wildman–Crippen LogP) is 2.89. The molecule has 2 aromatic carbocycles. The van der Waals surface area contributed by atoms with Crippen molar-refractivity contribution in [3.05, 3.63) is 59.1 Å². The summed E-state index contributed by atoms with van der Waals surface area (Å²) in [6.07, 6.45) is 0.0201. The van der Waals surface area contributed by atoms with E-state index in [0.29, 0.717) is 10.8 Å². The molecule has 1 atom stereocenters. The van der Waals surface area contributed by atoms with E-state index in [1.807, 2.05) is 31.2 Å². The number of carbonyl (C=O) groups excluding carboxylic acids is 1. The Hall–Kier alpha value is -2.09. The van der Waals surface area contributed by atoms with Gasteiger partial charge in [0, 0.05) is 23.6 Å². The monoisotopic (exact) mass is 396 g/mol. The van der Waals surface area contributed by atoms with Crippen molar-refractivity contribution in [1.29, 1.82) is 0 Å². The van der Waals surface area contributed by atoms with Crippen LogP contribution in [0.15, 0.2) is 53.4 Å². The van der Waals surface area contributed by atoms with Gasteiger partial charge in [-0.3, -0.25) is 4.79 Å². The van der Waals surface area contributed by atoms with Crippen LogP contribution < -0.4 is 14.8 Å². The van der Waals surface area contributed by atoms with E-state index in [9.17, 15) is 13.2 Å². The molecule has 1 amide bonds. The molecular weight excluding hydrogens is 376 g/mol. The van der Waals surface area contributed by atoms with Crippen LogP contribution in [0.5, 0.6) is 5.75 Å². The van der Waals surface area contributed by atoms with Crippen LogP contribution in [0.1, 0.15) is 24.9 Å². The summed E-state index contributed by atoms with van der Waals surface area (Å²) in [4.78, 5) is 12.2. The predicted molar refractivity (Wildman–Crippen MR) is 101 cm³/mol. The van der Waals surface area contributed by atoms with Crippen LogP contribution in [0, 0.1) is 0 Å². The third-order valence-electron chi connectivity index (χ3n) is 3.75. The van der Waals surface area contributed by atoms with Gasteiger partial charge in [0.1, 0.15) is 5.75 Å². The third-order valence-corrected chi connectivity index (χ3v) is 5.48. The number of ether oxygens (including phenoxy) is 1. The molecule has 8 heteroatoms. The number of amides is 1. The molecule has 2 N–H and O–H groups in total. The number of carbonyl (C=O) groups is 1. The Kier molecular flexibility index (Phi) is 7.02. The average Bonchev–Trinajstić information content (AvgIpc) is 2.61. The van der Waals surface area contributed by atoms with E-state index in [1.54, 1.807) is 7.11 Å². The van der Waals surface area contributed by atoms with Crippen molar-refractivity contribution >= 4 is 27.5 Å². The highest BCUT2D eigenvalue weighted by Gasteiger charge is 2.16. The van der Waals surface area contributed by atoms with E-state index >= 15 is 0 Å². The van der Waals surface area contributed by atoms with Crippen molar-refractivity contribution in [2.45, 2.75) is 24.3 Å². The van der Waals surface area contributed by atoms with Gasteiger partial charge in [-0.1, -0.05) is 29.8 Å². The number of para-hydroxylation sites is 1. The van der Waals surface area contributed by atoms with Crippen LogP contribution in [0.4, 0.5) is 0 Å². The number of sulfonamides is 1. The van der Waals surface area contributed by atoms with Crippen LogP contribution >= 0.6 is 11.6 Å². The van der Waals surface area contributed by atoms with Gasteiger partial charge in [-0.05, 0) is 37.3 Å². The van der Waals surface area contributed by atoms with Gasteiger partial charge >= 0.3 is 0 Å². The van der Waals surface area contributed by atoms with Crippen molar-refractivity contribution in [3.8, 4) is 5.75 Å². The van der Waals surface area contributed by atoms with Crippen LogP contribution in [0.2, 0.25) is 5.02 Å². The number of halogens is 1. The van der Waals surface area contributed by atoms with Gasteiger partial charge in [-0.2, -0.15) is 0 Å². The van der Waals surface area contributed by atoms with Crippen molar-refractivity contribution < 1.29 is 17.9 Å². The maximum absolute atomic E-state index is 12.1. The molecule has 0 aliphatic carbocycles. The third kappa shape index (κ3) is 5.45. The standard InChI is InChI=1S/C18H21ClN2O4S/c1-13(16-5-3-4-6-17(16)25-2)21-18(22)11-12-20-26(23,24)15-9-7-14(19)8-10-15/h3-10,13,20H,11-12H2,1-2H3,(H,21,22)/t13-/m0/s1. The second kappa shape index (κ2) is 9.02. The normalized spacial score (nSPS) is 12.4. The highest BCUT2D eigenvalue weighted by atomic mass is 35.5. The number of methoxy groups -OCH3 is 1. The fraction of sp³-hybridized carbons (Fsp3) is 0.278. The summed E-state index contributed by atoms with van der Waals surface area (Å²) < 4.78 is 32.0. The Morgan fingerprint density at radius 2 is 1.81 bits per heavy atom. The minimum absolute atomic E-state index is 0.00453. The molecule has 0 saturated carbocycles. The van der Waals surface area contributed by atoms with Crippen LogP contribution in [0.25, 0.3) is 0 Å². The first-order valence-electron chi connectivity index (χ1n) is 8.01. The van der Waals surface area contributed by atoms with E-state index in [1.165, 1.54) is 24.3 Å². The molecule has 0 aliphatic rings. The highest BCUT2D eigenvalue weighted by Crippen LogP contribution is 2.24. The second-order valence-electron chi connectivity index (χ2n) is 5.63. The molecule has 0 aliphatic heterocycles. The smallest absolute Gasteiger partial charge is 0.240 e. The Morgan fingerprint density at radius 3 is 2.46 bits per heavy atom. The summed E-state index contributed by atoms with van der Waals surface area (Å²) in [5.41, 5.74) is 0.852. The first-order valence-corrected chi connectivity index (χ1v) is 9.87. The van der Waals surface area contributed by atoms with Crippen LogP contribution in [-0.4, -0.2) is 28.0 Å². The molecule has 0 saturated heterocycles. The Balaban J connectivity index is 1.87. The lowest BCUT2D eigenvalue weighted by Crippen LogP contribution is -2.32. The lowest BCUT2D eigenvalue weighted by atomic mass is 10.1. The maximum Gasteiger partial charge on any atom is 0.240 e. The van der Waals surface area contributed by atoms with E-state index in [4.69, 9.17) is 16.3 Å². The SMILES string of the molecule is COc1ccccc1[C@H](C)NC(=O)CCNS(=O)(=O)c1ccc(Cl)cc1. The molecule has 0 radical (unpaired) electrons. The van der Waals surface area contributed by atoms with Crippen molar-refractivity contribution in [1.82, 2.24) is 10.0 Å². The van der Waals surface area contributed by atoms with E-state index in [2.05, 4.69) is 10.0 Å². The number of hydrogen-bond donors (Lipinski definition) is 2. The summed E-state index contributed by atoms with van der Waals surface area (Å²) >= 11 is 5.75. The fourth-order valence-electron chi connectivity index (χ4n) is 2.41. The molecule has 0 aromatic heterocycles. The molecule has 0 fully saturated rings. The highest BCUT2D eigenvalue weighted by molar-refractivity contribution is 7.89. The summed E-state index contributed by atoms with van der Waals surface area (Å²) in [6, 6.07) is 13.0. The van der Waals surface area contributed by atoms with Crippen molar-refractivity contribution in [2.24, 2.45) is 0 Å². The molecule has 0 unspecified atom stereocenters. The first kappa shape index (κ1) is 20.2. The first-order chi connectivity index (χ1) is 12.3. The zero-order chi connectivity index (χ0) is 19.2. The molecule has 0 spiro atoms. The molecular formula is C18H21ClN2O4S. The van der Waals surface area contributed by atoms with Gasteiger partial charge in [0.05, 0.1) is 18.0 Å². The topological polar surface area (TPSA) is 84.5 Å². The van der Waals surface area contributed by atoms with Gasteiger partial charge < -0.3 is 10.1 Å². The van der Waals surface area contributed by atoms with Crippen LogP contribution in [-0.2, 0) is 14.8 Å². The number of nitrogens with one attached hydrogen (secondary N) is 2. The van der Waals surface area contributed by atoms with Crippen molar-refractivity contribution in [3.63, 3.8) is 0 Å². The van der Waals surface area contributed by atoms with Gasteiger partial charge in [0.25, 0.3) is 0 Å². The van der Waals surface area contributed by atoms with Gasteiger partial charge in [0.15, 0.2) is 0 Å². The van der Waals surface area contributed by atoms with Gasteiger partial charge in [-0.15, -0.1) is 0 Å². The fourth-order valence-corrected chi connectivity index (χ4v) is 3.57. The maximum atomic E-state index is 12.1. The van der Waals surface area contributed by atoms with Gasteiger partial charge in [0.2, 0.25) is 15.9 Å². The molecule has 26 heavy (non-hydrogen) atoms. The summed E-state index contributed by atoms with van der Waals surface area (Å²) in [5.74, 6) is 0.422. The zero-order valence-electron chi connectivity index (χ0n) is 14.5. The molecule has 6 nitrogen and oxygen atoms in total. The van der Waals surface area contributed by atoms with E-state index in [0.717, 1.165) is 5.56 Å². The second-order valence-corrected chi connectivity index (χ2v) is 7.84. The number of benzene rings is 2. The average molecular weight is 397 g/mol. The van der Waals surface area contributed by atoms with E-state index in [-0.39, 0.29) is 29.8 Å². The quantitative estimate of drug-likeness (QED) is 0.718. The minimum atomic E-state index is -3.67. The Morgan fingerprint density at radius 1 is 1.15 bits per heavy atom. The summed E-state index contributed by atoms with van der Waals surface area (Å²) in [5, 5.41) is 3.29. The molecule has 2 rings (SSSR count). The summed E-state index contributed by atoms with van der Waals surface area (Å²) in [6.45, 7) is 1.84. The van der Waals surface area contributed by atoms with E-state index < -0.39 is 10.0 Å². The minimum Gasteiger partial charge on any atom is -0.496 e. The zero-order valence-corrected chi connectivity index (χ0v) is 16.1. The summed E-state index contributed by atoms with van der Waals surface area (Å²) in [7, 11) is -2.10. The Labute approximate surface area is 158 Å². The lowest BCUT2D eigenvalue weighted by molar-refractivity contribution is -0.121. The van der Waals surface area contributed by atoms with Gasteiger partial charge in [-0.25, -0.2) is 13.1 Å². The number of hydrogen-bond acceptors (Lipinski definition) is 4. The number of rotatable bonds is 8. The molecule has 0 bridgehead atoms. The molecule has 140 valence electrons.